The van der Waals surface area contributed by atoms with Crippen LogP contribution in [-0.2, 0) is 10.0 Å². The van der Waals surface area contributed by atoms with Crippen molar-refractivity contribution >= 4 is 10.0 Å². The van der Waals surface area contributed by atoms with Gasteiger partial charge in [-0.2, -0.15) is 0 Å². The predicted octanol–water partition coefficient (Wildman–Crippen LogP) is 2.34. The molecule has 2 unspecified atom stereocenters. The maximum atomic E-state index is 12.3. The summed E-state index contributed by atoms with van der Waals surface area (Å²) in [6.07, 6.45) is 0. The quantitative estimate of drug-likeness (QED) is 0.659. The molecular weight excluding hydrogens is 222 g/mol. The van der Waals surface area contributed by atoms with E-state index in [4.69, 9.17) is 0 Å². The summed E-state index contributed by atoms with van der Waals surface area (Å²) in [4.78, 5) is 0. The predicted molar refractivity (Wildman–Crippen MR) is 67.7 cm³/mol. The maximum absolute atomic E-state index is 12.3. The summed E-state index contributed by atoms with van der Waals surface area (Å²) in [7, 11) is -1.43. The molecule has 1 heterocycles. The lowest BCUT2D eigenvalue weighted by molar-refractivity contribution is 0.176. The molecule has 0 aromatic carbocycles. The number of hydrogen-bond acceptors (Lipinski definition) is 2. The van der Waals surface area contributed by atoms with E-state index in [1.807, 2.05) is 20.8 Å². The minimum Gasteiger partial charge on any atom is -0.212 e. The van der Waals surface area contributed by atoms with Crippen LogP contribution in [0.1, 0.15) is 41.5 Å². The van der Waals surface area contributed by atoms with Crippen LogP contribution < -0.4 is 0 Å². The molecule has 3 nitrogen and oxygen atoms in total. The average molecular weight is 247 g/mol. The molecule has 1 aliphatic rings. The highest BCUT2D eigenvalue weighted by molar-refractivity contribution is 7.90. The average Bonchev–Trinajstić information content (AvgIpc) is 2.20. The van der Waals surface area contributed by atoms with E-state index in [-0.39, 0.29) is 22.0 Å². The third-order valence-electron chi connectivity index (χ3n) is 3.54. The van der Waals surface area contributed by atoms with Crippen LogP contribution in [0.25, 0.3) is 0 Å². The second-order valence-corrected chi connectivity index (χ2v) is 9.25. The molecule has 1 fully saturated rings. The molecule has 0 aliphatic carbocycles. The standard InChI is InChI=1S/C12H25NO2S/c1-11(2,3)9-8-13(7)16(14,15)10(9)12(4,5)6/h9-10H,8H2,1-7H3. The number of hydrogen-bond donors (Lipinski definition) is 0. The SMILES string of the molecule is CN1CC(C(C)(C)C)C(C(C)(C)C)S1(=O)=O. The first-order valence-corrected chi connectivity index (χ1v) is 7.34. The fourth-order valence-corrected chi connectivity index (χ4v) is 5.22. The van der Waals surface area contributed by atoms with Crippen molar-refractivity contribution in [2.75, 3.05) is 13.6 Å². The maximum Gasteiger partial charge on any atom is 0.217 e. The number of nitrogens with zero attached hydrogens (tertiary/aromatic N) is 1. The number of rotatable bonds is 0. The molecule has 0 N–H and O–H groups in total. The van der Waals surface area contributed by atoms with Crippen molar-refractivity contribution in [3.8, 4) is 0 Å². The second kappa shape index (κ2) is 3.70. The summed E-state index contributed by atoms with van der Waals surface area (Å²) in [5.74, 6) is 0.197. The van der Waals surface area contributed by atoms with Gasteiger partial charge in [0.1, 0.15) is 0 Å². The van der Waals surface area contributed by atoms with Crippen molar-refractivity contribution < 1.29 is 8.42 Å². The smallest absolute Gasteiger partial charge is 0.212 e. The Labute approximate surface area is 100 Å². The molecule has 4 heteroatoms. The van der Waals surface area contributed by atoms with E-state index in [1.165, 1.54) is 4.31 Å². The molecule has 2 atom stereocenters. The largest absolute Gasteiger partial charge is 0.217 e. The molecule has 0 radical (unpaired) electrons. The molecule has 1 aliphatic heterocycles. The van der Waals surface area contributed by atoms with Crippen molar-refractivity contribution in [2.45, 2.75) is 46.8 Å². The van der Waals surface area contributed by atoms with Gasteiger partial charge < -0.3 is 0 Å². The summed E-state index contributed by atoms with van der Waals surface area (Å²) in [6.45, 7) is 13.1. The Balaban J connectivity index is 3.25. The van der Waals surface area contributed by atoms with E-state index in [1.54, 1.807) is 7.05 Å². The molecule has 0 aromatic rings. The van der Waals surface area contributed by atoms with Gasteiger partial charge in [-0.25, -0.2) is 12.7 Å². The van der Waals surface area contributed by atoms with Gasteiger partial charge in [-0.1, -0.05) is 41.5 Å². The van der Waals surface area contributed by atoms with Crippen molar-refractivity contribution in [2.24, 2.45) is 16.7 Å². The Morgan fingerprint density at radius 2 is 1.44 bits per heavy atom. The van der Waals surface area contributed by atoms with Gasteiger partial charge in [-0.3, -0.25) is 0 Å². The van der Waals surface area contributed by atoms with Crippen LogP contribution in [-0.4, -0.2) is 31.6 Å². The Bertz CT molecular complexity index is 359. The van der Waals surface area contributed by atoms with Gasteiger partial charge in [-0.15, -0.1) is 0 Å². The van der Waals surface area contributed by atoms with Gasteiger partial charge >= 0.3 is 0 Å². The lowest BCUT2D eigenvalue weighted by Crippen LogP contribution is -2.42. The van der Waals surface area contributed by atoms with Crippen molar-refractivity contribution in [1.82, 2.24) is 4.31 Å². The molecule has 96 valence electrons. The molecule has 16 heavy (non-hydrogen) atoms. The van der Waals surface area contributed by atoms with Crippen LogP contribution in [0.4, 0.5) is 0 Å². The third-order valence-corrected chi connectivity index (χ3v) is 6.24. The van der Waals surface area contributed by atoms with Gasteiger partial charge in [0.2, 0.25) is 10.0 Å². The molecule has 0 spiro atoms. The fraction of sp³-hybridized carbons (Fsp3) is 1.00. The summed E-state index contributed by atoms with van der Waals surface area (Å²) in [6, 6.07) is 0. The van der Waals surface area contributed by atoms with E-state index in [0.717, 1.165) is 0 Å². The Hall–Kier alpha value is -0.0900. The van der Waals surface area contributed by atoms with E-state index in [2.05, 4.69) is 20.8 Å². The summed E-state index contributed by atoms with van der Waals surface area (Å²) >= 11 is 0. The molecule has 0 saturated carbocycles. The van der Waals surface area contributed by atoms with Gasteiger partial charge in [-0.05, 0) is 16.7 Å². The third kappa shape index (κ3) is 2.28. The summed E-state index contributed by atoms with van der Waals surface area (Å²) in [5.41, 5.74) is -0.183. The van der Waals surface area contributed by atoms with Crippen molar-refractivity contribution in [1.29, 1.82) is 0 Å². The van der Waals surface area contributed by atoms with E-state index in [9.17, 15) is 8.42 Å². The molecule has 0 amide bonds. The summed E-state index contributed by atoms with van der Waals surface area (Å²) in [5, 5.41) is -0.273. The highest BCUT2D eigenvalue weighted by atomic mass is 32.2. The van der Waals surface area contributed by atoms with Gasteiger partial charge in [0.05, 0.1) is 5.25 Å². The van der Waals surface area contributed by atoms with Crippen LogP contribution >= 0.6 is 0 Å². The first-order chi connectivity index (χ1) is 6.88. The fourth-order valence-electron chi connectivity index (χ4n) is 2.66. The topological polar surface area (TPSA) is 37.4 Å². The van der Waals surface area contributed by atoms with Gasteiger partial charge in [0.15, 0.2) is 0 Å². The zero-order chi connectivity index (χ0) is 12.9. The minimum absolute atomic E-state index is 0.0236. The monoisotopic (exact) mass is 247 g/mol. The molecule has 1 rings (SSSR count). The zero-order valence-corrected chi connectivity index (χ0v) is 12.4. The Kier molecular flexibility index (Phi) is 3.23. The lowest BCUT2D eigenvalue weighted by atomic mass is 9.72. The van der Waals surface area contributed by atoms with E-state index in [0.29, 0.717) is 6.54 Å². The molecule has 0 aromatic heterocycles. The highest BCUT2D eigenvalue weighted by Crippen LogP contribution is 2.45. The lowest BCUT2D eigenvalue weighted by Gasteiger charge is -2.37. The van der Waals surface area contributed by atoms with Crippen molar-refractivity contribution in [3.63, 3.8) is 0 Å². The van der Waals surface area contributed by atoms with Crippen LogP contribution in [0.3, 0.4) is 0 Å². The normalized spacial score (nSPS) is 31.9. The molecular formula is C12H25NO2S. The second-order valence-electron chi connectivity index (χ2n) is 7.08. The Morgan fingerprint density at radius 3 is 1.69 bits per heavy atom. The van der Waals surface area contributed by atoms with E-state index < -0.39 is 10.0 Å². The zero-order valence-electron chi connectivity index (χ0n) is 11.5. The Morgan fingerprint density at radius 1 is 1.00 bits per heavy atom. The van der Waals surface area contributed by atoms with Crippen LogP contribution in [0, 0.1) is 16.7 Å². The molecule has 1 saturated heterocycles. The summed E-state index contributed by atoms with van der Waals surface area (Å²) < 4.78 is 26.2. The minimum atomic E-state index is -3.12. The van der Waals surface area contributed by atoms with Gasteiger partial charge in [0.25, 0.3) is 0 Å². The van der Waals surface area contributed by atoms with Gasteiger partial charge in [0, 0.05) is 13.6 Å². The van der Waals surface area contributed by atoms with Crippen LogP contribution in [0.15, 0.2) is 0 Å². The first kappa shape index (κ1) is 14.0. The molecule has 0 bridgehead atoms. The highest BCUT2D eigenvalue weighted by Gasteiger charge is 2.53. The van der Waals surface area contributed by atoms with E-state index >= 15 is 0 Å². The first-order valence-electron chi connectivity index (χ1n) is 5.83. The van der Waals surface area contributed by atoms with Crippen LogP contribution in [0.5, 0.6) is 0 Å². The van der Waals surface area contributed by atoms with Crippen LogP contribution in [0.2, 0.25) is 0 Å². The number of sulfonamides is 1. The van der Waals surface area contributed by atoms with Crippen molar-refractivity contribution in [3.05, 3.63) is 0 Å².